The Labute approximate surface area is 159 Å². The summed E-state index contributed by atoms with van der Waals surface area (Å²) in [5, 5.41) is 6.15. The van der Waals surface area contributed by atoms with Crippen molar-refractivity contribution in [2.45, 2.75) is 18.4 Å². The van der Waals surface area contributed by atoms with Crippen molar-refractivity contribution in [1.29, 1.82) is 0 Å². The van der Waals surface area contributed by atoms with E-state index in [1.807, 2.05) is 30.3 Å². The van der Waals surface area contributed by atoms with Crippen LogP contribution in [0.5, 0.6) is 0 Å². The average molecular weight is 367 g/mol. The Morgan fingerprint density at radius 2 is 1.78 bits per heavy atom. The largest absolute Gasteiger partial charge is 0.368 e. The lowest BCUT2D eigenvalue weighted by atomic mass is 9.91. The minimum atomic E-state index is -0.827. The molecule has 2 aromatic rings. The molecule has 0 saturated carbocycles. The summed E-state index contributed by atoms with van der Waals surface area (Å²) in [5.41, 5.74) is 1.08. The van der Waals surface area contributed by atoms with Crippen molar-refractivity contribution < 1.29 is 14.3 Å². The average Bonchev–Trinajstić information content (AvgIpc) is 2.74. The van der Waals surface area contributed by atoms with Crippen molar-refractivity contribution in [1.82, 2.24) is 5.32 Å². The second-order valence-electron chi connectivity index (χ2n) is 6.68. The molecule has 0 unspecified atom stereocenters. The number of hydrogen-bond acceptors (Lipinski definition) is 4. The third-order valence-corrected chi connectivity index (χ3v) is 5.03. The molecule has 6 heteroatoms. The standard InChI is InChI=1S/C21H25N3O3/c1-24(18-9-4-3-5-10-18)19(25)16-7-6-8-17(15-16)23-20(26)21(27-2)11-13-22-14-12-21/h3-10,15,22H,11-14H2,1-2H3,(H,23,26). The molecule has 0 spiro atoms. The smallest absolute Gasteiger partial charge is 0.258 e. The molecule has 3 rings (SSSR count). The number of carbonyl (C=O) groups is 2. The zero-order valence-electron chi connectivity index (χ0n) is 15.7. The molecule has 0 aliphatic carbocycles. The highest BCUT2D eigenvalue weighted by Crippen LogP contribution is 2.25. The van der Waals surface area contributed by atoms with Gasteiger partial charge in [0, 0.05) is 31.1 Å². The lowest BCUT2D eigenvalue weighted by Crippen LogP contribution is -2.51. The molecule has 142 valence electrons. The van der Waals surface area contributed by atoms with Crippen molar-refractivity contribution in [3.05, 3.63) is 60.2 Å². The molecule has 2 amide bonds. The molecule has 1 aliphatic heterocycles. The molecular weight excluding hydrogens is 342 g/mol. The summed E-state index contributed by atoms with van der Waals surface area (Å²) in [4.78, 5) is 27.2. The summed E-state index contributed by atoms with van der Waals surface area (Å²) < 4.78 is 5.56. The number of carbonyl (C=O) groups excluding carboxylic acids is 2. The van der Waals surface area contributed by atoms with E-state index in [0.29, 0.717) is 24.1 Å². The van der Waals surface area contributed by atoms with E-state index in [9.17, 15) is 9.59 Å². The topological polar surface area (TPSA) is 70.7 Å². The molecule has 0 radical (unpaired) electrons. The van der Waals surface area contributed by atoms with Gasteiger partial charge in [-0.25, -0.2) is 0 Å². The van der Waals surface area contributed by atoms with Crippen LogP contribution in [-0.4, -0.2) is 44.7 Å². The molecular formula is C21H25N3O3. The fourth-order valence-electron chi connectivity index (χ4n) is 3.29. The molecule has 0 atom stereocenters. The van der Waals surface area contributed by atoms with Gasteiger partial charge in [0.15, 0.2) is 0 Å². The molecule has 0 bridgehead atoms. The summed E-state index contributed by atoms with van der Waals surface area (Å²) in [6, 6.07) is 16.4. The van der Waals surface area contributed by atoms with E-state index in [2.05, 4.69) is 10.6 Å². The van der Waals surface area contributed by atoms with Crippen LogP contribution in [0.25, 0.3) is 0 Å². The number of rotatable bonds is 5. The predicted molar refractivity (Wildman–Crippen MR) is 106 cm³/mol. The van der Waals surface area contributed by atoms with Crippen LogP contribution >= 0.6 is 0 Å². The lowest BCUT2D eigenvalue weighted by molar-refractivity contribution is -0.140. The Balaban J connectivity index is 1.75. The van der Waals surface area contributed by atoms with Crippen LogP contribution in [0.3, 0.4) is 0 Å². The first kappa shape index (κ1) is 19.1. The molecule has 6 nitrogen and oxygen atoms in total. The van der Waals surface area contributed by atoms with E-state index in [1.165, 1.54) is 0 Å². The minimum Gasteiger partial charge on any atom is -0.368 e. The third-order valence-electron chi connectivity index (χ3n) is 5.03. The number of para-hydroxylation sites is 1. The van der Waals surface area contributed by atoms with Gasteiger partial charge in [-0.15, -0.1) is 0 Å². The summed E-state index contributed by atoms with van der Waals surface area (Å²) in [5.74, 6) is -0.312. The number of amides is 2. The number of methoxy groups -OCH3 is 1. The van der Waals surface area contributed by atoms with Crippen molar-refractivity contribution in [3.63, 3.8) is 0 Å². The normalized spacial score (nSPS) is 15.8. The summed E-state index contributed by atoms with van der Waals surface area (Å²) in [6.07, 6.45) is 1.23. The van der Waals surface area contributed by atoms with Crippen LogP contribution in [0.15, 0.2) is 54.6 Å². The zero-order valence-corrected chi connectivity index (χ0v) is 15.7. The van der Waals surface area contributed by atoms with Crippen molar-refractivity contribution in [2.24, 2.45) is 0 Å². The summed E-state index contributed by atoms with van der Waals surface area (Å²) >= 11 is 0. The van der Waals surface area contributed by atoms with Crippen molar-refractivity contribution >= 4 is 23.2 Å². The molecule has 1 heterocycles. The summed E-state index contributed by atoms with van der Waals surface area (Å²) in [6.45, 7) is 1.48. The van der Waals surface area contributed by atoms with Gasteiger partial charge < -0.3 is 20.3 Å². The highest BCUT2D eigenvalue weighted by molar-refractivity contribution is 6.07. The zero-order chi connectivity index (χ0) is 19.3. The molecule has 1 fully saturated rings. The fourth-order valence-corrected chi connectivity index (χ4v) is 3.29. The monoisotopic (exact) mass is 367 g/mol. The molecule has 1 saturated heterocycles. The lowest BCUT2D eigenvalue weighted by Gasteiger charge is -2.34. The minimum absolute atomic E-state index is 0.138. The molecule has 1 aliphatic rings. The van der Waals surface area contributed by atoms with Crippen molar-refractivity contribution in [3.8, 4) is 0 Å². The van der Waals surface area contributed by atoms with Gasteiger partial charge in [-0.3, -0.25) is 9.59 Å². The van der Waals surface area contributed by atoms with Crippen LogP contribution in [0.4, 0.5) is 11.4 Å². The number of ether oxygens (including phenoxy) is 1. The van der Waals surface area contributed by atoms with Crippen LogP contribution in [0.2, 0.25) is 0 Å². The van der Waals surface area contributed by atoms with Gasteiger partial charge in [-0.2, -0.15) is 0 Å². The first-order valence-corrected chi connectivity index (χ1v) is 9.06. The van der Waals surface area contributed by atoms with E-state index >= 15 is 0 Å². The van der Waals surface area contributed by atoms with E-state index in [0.717, 1.165) is 18.8 Å². The van der Waals surface area contributed by atoms with Crippen LogP contribution < -0.4 is 15.5 Å². The van der Waals surface area contributed by atoms with E-state index < -0.39 is 5.60 Å². The number of nitrogens with one attached hydrogen (secondary N) is 2. The van der Waals surface area contributed by atoms with Gasteiger partial charge >= 0.3 is 0 Å². The second kappa shape index (κ2) is 8.33. The van der Waals surface area contributed by atoms with E-state index in [4.69, 9.17) is 4.74 Å². The number of nitrogens with zero attached hydrogens (tertiary/aromatic N) is 1. The number of anilines is 2. The van der Waals surface area contributed by atoms with E-state index in [1.54, 1.807) is 43.3 Å². The molecule has 27 heavy (non-hydrogen) atoms. The number of piperidine rings is 1. The Kier molecular flexibility index (Phi) is 5.88. The molecule has 2 N–H and O–H groups in total. The maximum atomic E-state index is 12.8. The Morgan fingerprint density at radius 3 is 2.44 bits per heavy atom. The Bertz CT molecular complexity index is 801. The quantitative estimate of drug-likeness (QED) is 0.852. The van der Waals surface area contributed by atoms with Crippen molar-refractivity contribution in [2.75, 3.05) is 37.5 Å². The first-order chi connectivity index (χ1) is 13.1. The fraction of sp³-hybridized carbons (Fsp3) is 0.333. The molecule has 2 aromatic carbocycles. The van der Waals surface area contributed by atoms with Crippen LogP contribution in [-0.2, 0) is 9.53 Å². The van der Waals surface area contributed by atoms with Gasteiger partial charge in [0.1, 0.15) is 5.60 Å². The Morgan fingerprint density at radius 1 is 1.07 bits per heavy atom. The molecule has 0 aromatic heterocycles. The number of hydrogen-bond donors (Lipinski definition) is 2. The van der Waals surface area contributed by atoms with Gasteiger partial charge in [0.05, 0.1) is 0 Å². The van der Waals surface area contributed by atoms with Gasteiger partial charge in [0.25, 0.3) is 11.8 Å². The SMILES string of the molecule is COC1(C(=O)Nc2cccc(C(=O)N(C)c3ccccc3)c2)CCNCC1. The van der Waals surface area contributed by atoms with Gasteiger partial charge in [-0.1, -0.05) is 24.3 Å². The third kappa shape index (κ3) is 4.18. The second-order valence-corrected chi connectivity index (χ2v) is 6.68. The Hall–Kier alpha value is -2.70. The highest BCUT2D eigenvalue weighted by atomic mass is 16.5. The van der Waals surface area contributed by atoms with Gasteiger partial charge in [0.2, 0.25) is 0 Å². The van der Waals surface area contributed by atoms with Crippen LogP contribution in [0, 0.1) is 0 Å². The van der Waals surface area contributed by atoms with E-state index in [-0.39, 0.29) is 11.8 Å². The maximum Gasteiger partial charge on any atom is 0.258 e. The van der Waals surface area contributed by atoms with Crippen LogP contribution in [0.1, 0.15) is 23.2 Å². The first-order valence-electron chi connectivity index (χ1n) is 9.06. The van der Waals surface area contributed by atoms with Gasteiger partial charge in [-0.05, 0) is 56.3 Å². The predicted octanol–water partition coefficient (Wildman–Crippen LogP) is 2.67. The maximum absolute atomic E-state index is 12.8. The number of benzene rings is 2. The highest BCUT2D eigenvalue weighted by Gasteiger charge is 2.39. The summed E-state index contributed by atoms with van der Waals surface area (Å²) in [7, 11) is 3.30.